The summed E-state index contributed by atoms with van der Waals surface area (Å²) in [5.41, 5.74) is 2.26. The van der Waals surface area contributed by atoms with E-state index in [-0.39, 0.29) is 13.1 Å². The van der Waals surface area contributed by atoms with Gasteiger partial charge in [-0.05, 0) is 24.3 Å². The van der Waals surface area contributed by atoms with E-state index < -0.39 is 0 Å². The van der Waals surface area contributed by atoms with Gasteiger partial charge in [-0.3, -0.25) is 15.0 Å². The molecule has 0 saturated heterocycles. The average molecular weight is 607 g/mol. The first kappa shape index (κ1) is 26.3. The van der Waals surface area contributed by atoms with Crippen LogP contribution in [0.15, 0.2) is 51.0 Å². The van der Waals surface area contributed by atoms with Crippen molar-refractivity contribution in [1.29, 1.82) is 0 Å². The number of halogens is 8. The zero-order chi connectivity index (χ0) is 22.3. The van der Waals surface area contributed by atoms with E-state index in [0.29, 0.717) is 53.6 Å². The van der Waals surface area contributed by atoms with Gasteiger partial charge in [0.2, 0.25) is 0 Å². The van der Waals surface area contributed by atoms with E-state index in [9.17, 15) is 0 Å². The van der Waals surface area contributed by atoms with Crippen LogP contribution in [0.25, 0.3) is 0 Å². The summed E-state index contributed by atoms with van der Waals surface area (Å²) >= 11 is 36.4. The predicted molar refractivity (Wildman–Crippen MR) is 131 cm³/mol. The van der Waals surface area contributed by atoms with E-state index in [1.165, 1.54) is 0 Å². The maximum absolute atomic E-state index is 6.12. The van der Waals surface area contributed by atoms with Crippen molar-refractivity contribution < 1.29 is 13.1 Å². The summed E-state index contributed by atoms with van der Waals surface area (Å²) in [6.07, 6.45) is 5.66. The Kier molecular flexibility index (Phi) is 11.3. The number of hydrogen-bond acceptors (Lipinski definition) is 3. The summed E-state index contributed by atoms with van der Waals surface area (Å²) in [6, 6.07) is 6.30. The molecule has 2 aromatic carbocycles. The minimum absolute atomic E-state index is 0.194. The van der Waals surface area contributed by atoms with Gasteiger partial charge < -0.3 is 0 Å². The molecule has 3 rings (SSSR count). The number of aliphatic imine (C=N–C) groups is 3. The zero-order valence-electron chi connectivity index (χ0n) is 14.5. The summed E-state index contributed by atoms with van der Waals surface area (Å²) in [4.78, 5) is 13.0. The van der Waals surface area contributed by atoms with Crippen LogP contribution >= 0.6 is 89.8 Å². The molecule has 0 atom stereocenters. The molecule has 0 aliphatic carbocycles. The molecule has 0 bridgehead atoms. The third kappa shape index (κ3) is 7.86. The standard InChI is InChI=1S/C18H9Cl6N3.2ClH.Fe/c19-9-3-13(21)17(14(22)4-9)25-7-11-1-2-12(27-11)8-26-18-15(23)5-10(20)6-16(18)24;;;/h1,3-8H,2H2;2*1H;/q;;;+2/p-2. The SMILES string of the molecule is Clc1cc(Cl)c(N=CC2=CCC(C=Nc3c(Cl)cc(Cl)cc3Cl)=N2)c(Cl)c1.[Cl][Fe][Cl]. The molecule has 0 unspecified atom stereocenters. The van der Waals surface area contributed by atoms with Crippen LogP contribution in [-0.4, -0.2) is 18.1 Å². The van der Waals surface area contributed by atoms with Crippen LogP contribution in [0.1, 0.15) is 6.42 Å². The number of allylic oxidation sites excluding steroid dienone is 2. The monoisotopic (exact) mass is 603 g/mol. The number of rotatable bonds is 4. The zero-order valence-corrected chi connectivity index (χ0v) is 21.6. The minimum atomic E-state index is 0.194. The van der Waals surface area contributed by atoms with E-state index >= 15 is 0 Å². The first-order valence-corrected chi connectivity index (χ1v) is 13.1. The van der Waals surface area contributed by atoms with Crippen LogP contribution in [0.2, 0.25) is 30.1 Å². The number of benzene rings is 2. The van der Waals surface area contributed by atoms with E-state index in [0.717, 1.165) is 5.71 Å². The molecule has 0 fully saturated rings. The Morgan fingerprint density at radius 1 is 0.733 bits per heavy atom. The van der Waals surface area contributed by atoms with Gasteiger partial charge in [-0.25, -0.2) is 0 Å². The molecule has 0 radical (unpaired) electrons. The maximum atomic E-state index is 6.12. The quantitative estimate of drug-likeness (QED) is 0.245. The molecule has 0 N–H and O–H groups in total. The summed E-state index contributed by atoms with van der Waals surface area (Å²) in [5.74, 6) is 0. The molecule has 0 amide bonds. The van der Waals surface area contributed by atoms with Crippen molar-refractivity contribution in [3.63, 3.8) is 0 Å². The van der Waals surface area contributed by atoms with Crippen molar-refractivity contribution in [2.75, 3.05) is 0 Å². The fourth-order valence-electron chi connectivity index (χ4n) is 2.21. The van der Waals surface area contributed by atoms with E-state index in [1.807, 2.05) is 6.08 Å². The van der Waals surface area contributed by atoms with Gasteiger partial charge in [0.25, 0.3) is 0 Å². The Hall–Kier alpha value is 0.0295. The summed E-state index contributed by atoms with van der Waals surface area (Å²) in [5, 5.41) is 2.34. The fourth-order valence-corrected chi connectivity index (χ4v) is 4.04. The Morgan fingerprint density at radius 3 is 1.57 bits per heavy atom. The average Bonchev–Trinajstić information content (AvgIpc) is 3.08. The van der Waals surface area contributed by atoms with Gasteiger partial charge in [0.15, 0.2) is 0 Å². The van der Waals surface area contributed by atoms with Gasteiger partial charge >= 0.3 is 33.3 Å². The summed E-state index contributed by atoms with van der Waals surface area (Å²) < 4.78 is 0. The van der Waals surface area contributed by atoms with Crippen LogP contribution in [0, 0.1) is 0 Å². The van der Waals surface area contributed by atoms with Crippen molar-refractivity contribution in [1.82, 2.24) is 0 Å². The van der Waals surface area contributed by atoms with E-state index in [2.05, 4.69) is 15.0 Å². The first-order valence-electron chi connectivity index (χ1n) is 7.75. The van der Waals surface area contributed by atoms with Gasteiger partial charge in [0.1, 0.15) is 11.4 Å². The van der Waals surface area contributed by atoms with Gasteiger partial charge in [-0.2, -0.15) is 0 Å². The topological polar surface area (TPSA) is 37.1 Å². The second-order valence-electron chi connectivity index (χ2n) is 5.44. The van der Waals surface area contributed by atoms with Gasteiger partial charge in [0.05, 0.1) is 37.7 Å². The molecule has 2 aromatic rings. The molecule has 160 valence electrons. The normalized spacial score (nSPS) is 13.6. The van der Waals surface area contributed by atoms with Crippen LogP contribution < -0.4 is 0 Å². The molecule has 0 aromatic heterocycles. The van der Waals surface area contributed by atoms with Crippen LogP contribution in [0.5, 0.6) is 0 Å². The third-order valence-electron chi connectivity index (χ3n) is 3.42. The fraction of sp³-hybridized carbons (Fsp3) is 0.0556. The van der Waals surface area contributed by atoms with Crippen LogP contribution in [-0.2, 0) is 13.1 Å². The van der Waals surface area contributed by atoms with Gasteiger partial charge in [0, 0.05) is 22.7 Å². The molecule has 3 nitrogen and oxygen atoms in total. The third-order valence-corrected chi connectivity index (χ3v) is 5.01. The molecule has 0 spiro atoms. The van der Waals surface area contributed by atoms with Gasteiger partial charge in [-0.1, -0.05) is 75.7 Å². The second-order valence-corrected chi connectivity index (χ2v) is 9.76. The Morgan fingerprint density at radius 2 is 1.13 bits per heavy atom. The first-order chi connectivity index (χ1) is 14.2. The summed E-state index contributed by atoms with van der Waals surface area (Å²) in [6.45, 7) is 0. The molecule has 30 heavy (non-hydrogen) atoms. The molecule has 1 heterocycles. The molecular formula is C18H9Cl8FeN3. The Bertz CT molecular complexity index is 1000. The van der Waals surface area contributed by atoms with Crippen LogP contribution in [0.3, 0.4) is 0 Å². The van der Waals surface area contributed by atoms with Crippen molar-refractivity contribution >= 4 is 119 Å². The predicted octanol–water partition coefficient (Wildman–Crippen LogP) is 9.82. The Balaban J connectivity index is 0.00000101. The van der Waals surface area contributed by atoms with E-state index in [4.69, 9.17) is 89.8 Å². The number of hydrogen-bond donors (Lipinski definition) is 0. The second kappa shape index (κ2) is 12.9. The summed E-state index contributed by atoms with van der Waals surface area (Å²) in [7, 11) is 9.53. The molecular weight excluding hydrogens is 598 g/mol. The molecule has 1 aliphatic heterocycles. The van der Waals surface area contributed by atoms with E-state index in [1.54, 1.807) is 36.7 Å². The molecule has 12 heteroatoms. The van der Waals surface area contributed by atoms with Crippen molar-refractivity contribution in [2.45, 2.75) is 6.42 Å². The van der Waals surface area contributed by atoms with Crippen LogP contribution in [0.4, 0.5) is 11.4 Å². The Labute approximate surface area is 218 Å². The van der Waals surface area contributed by atoms with Gasteiger partial charge in [-0.15, -0.1) is 0 Å². The number of nitrogens with zero attached hydrogens (tertiary/aromatic N) is 3. The van der Waals surface area contributed by atoms with Crippen molar-refractivity contribution in [3.05, 3.63) is 66.2 Å². The van der Waals surface area contributed by atoms with Crippen molar-refractivity contribution in [3.8, 4) is 0 Å². The molecule has 1 aliphatic rings. The van der Waals surface area contributed by atoms with Crippen molar-refractivity contribution in [2.24, 2.45) is 15.0 Å². The molecule has 0 saturated carbocycles.